The van der Waals surface area contributed by atoms with Crippen molar-refractivity contribution in [2.45, 2.75) is 18.4 Å². The van der Waals surface area contributed by atoms with Crippen molar-refractivity contribution < 1.29 is 13.5 Å². The molecule has 0 unspecified atom stereocenters. The Balaban J connectivity index is 2.35. The van der Waals surface area contributed by atoms with E-state index in [1.54, 1.807) is 24.3 Å². The first-order chi connectivity index (χ1) is 10.5. The summed E-state index contributed by atoms with van der Waals surface area (Å²) in [6, 6.07) is 16.1. The third-order valence-electron chi connectivity index (χ3n) is 3.19. The van der Waals surface area contributed by atoms with E-state index < -0.39 is 10.0 Å². The number of benzene rings is 2. The summed E-state index contributed by atoms with van der Waals surface area (Å²) in [5.74, 6) is 0. The fourth-order valence-corrected chi connectivity index (χ4v) is 3.31. The van der Waals surface area contributed by atoms with E-state index in [4.69, 9.17) is 5.11 Å². The van der Waals surface area contributed by atoms with Crippen LogP contribution in [0.1, 0.15) is 11.1 Å². The summed E-state index contributed by atoms with van der Waals surface area (Å²) in [4.78, 5) is 0.233. The lowest BCUT2D eigenvalue weighted by molar-refractivity contribution is 0.340. The zero-order valence-electron chi connectivity index (χ0n) is 12.4. The third-order valence-corrected chi connectivity index (χ3v) is 4.92. The Morgan fingerprint density at radius 3 is 2.27 bits per heavy atom. The standard InChI is InChI=1S/C17H19NO3S/c1-15-8-10-17(11-9-15)22(20,21)18(12-5-13-19)14-16-6-3-2-4-7-16/h2-12,19H,13-14H2,1H3/b12-5+. The summed E-state index contributed by atoms with van der Waals surface area (Å²) >= 11 is 0. The van der Waals surface area contributed by atoms with Crippen LogP contribution in [0.2, 0.25) is 0 Å². The average Bonchev–Trinajstić information content (AvgIpc) is 2.52. The minimum absolute atomic E-state index is 0.214. The highest BCUT2D eigenvalue weighted by molar-refractivity contribution is 7.89. The molecule has 0 heterocycles. The molecular formula is C17H19NO3S. The largest absolute Gasteiger partial charge is 0.392 e. The van der Waals surface area contributed by atoms with Crippen molar-refractivity contribution in [3.63, 3.8) is 0 Å². The summed E-state index contributed by atoms with van der Waals surface area (Å²) in [6.07, 6.45) is 2.82. The van der Waals surface area contributed by atoms with E-state index in [-0.39, 0.29) is 18.0 Å². The molecule has 2 aromatic carbocycles. The van der Waals surface area contributed by atoms with E-state index in [0.29, 0.717) is 0 Å². The van der Waals surface area contributed by atoms with Gasteiger partial charge in [0.25, 0.3) is 10.0 Å². The maximum absolute atomic E-state index is 12.7. The van der Waals surface area contributed by atoms with Crippen LogP contribution in [0.5, 0.6) is 0 Å². The molecule has 0 aliphatic rings. The molecule has 0 bridgehead atoms. The van der Waals surface area contributed by atoms with Crippen LogP contribution in [-0.2, 0) is 16.6 Å². The van der Waals surface area contributed by atoms with Gasteiger partial charge >= 0.3 is 0 Å². The number of aliphatic hydroxyl groups is 1. The van der Waals surface area contributed by atoms with Gasteiger partial charge in [-0.2, -0.15) is 0 Å². The highest BCUT2D eigenvalue weighted by Crippen LogP contribution is 2.19. The summed E-state index contributed by atoms with van der Waals surface area (Å²) in [7, 11) is -3.65. The molecule has 0 fully saturated rings. The second-order valence-corrected chi connectivity index (χ2v) is 6.81. The van der Waals surface area contributed by atoms with E-state index in [1.807, 2.05) is 37.3 Å². The van der Waals surface area contributed by atoms with E-state index in [9.17, 15) is 8.42 Å². The normalized spacial score (nSPS) is 11.7. The number of hydrogen-bond acceptors (Lipinski definition) is 3. The lowest BCUT2D eigenvalue weighted by Crippen LogP contribution is -2.25. The molecule has 4 nitrogen and oxygen atoms in total. The SMILES string of the molecule is Cc1ccc(S(=O)(=O)N(/C=C/CO)Cc2ccccc2)cc1. The first-order valence-corrected chi connectivity index (χ1v) is 8.38. The quantitative estimate of drug-likeness (QED) is 0.891. The molecular weight excluding hydrogens is 298 g/mol. The Morgan fingerprint density at radius 1 is 1.05 bits per heavy atom. The van der Waals surface area contributed by atoms with Gasteiger partial charge in [0.2, 0.25) is 0 Å². The van der Waals surface area contributed by atoms with Crippen molar-refractivity contribution in [1.29, 1.82) is 0 Å². The van der Waals surface area contributed by atoms with Crippen LogP contribution < -0.4 is 0 Å². The van der Waals surface area contributed by atoms with Crippen molar-refractivity contribution in [2.24, 2.45) is 0 Å². The number of sulfonamides is 1. The van der Waals surface area contributed by atoms with Gasteiger partial charge < -0.3 is 5.11 Å². The van der Waals surface area contributed by atoms with Crippen LogP contribution in [0.15, 0.2) is 71.8 Å². The molecule has 0 saturated carbocycles. The molecule has 0 atom stereocenters. The lowest BCUT2D eigenvalue weighted by atomic mass is 10.2. The zero-order valence-corrected chi connectivity index (χ0v) is 13.2. The van der Waals surface area contributed by atoms with E-state index in [2.05, 4.69) is 0 Å². The van der Waals surface area contributed by atoms with Crippen LogP contribution in [0.3, 0.4) is 0 Å². The minimum Gasteiger partial charge on any atom is -0.392 e. The van der Waals surface area contributed by atoms with Gasteiger partial charge in [0.15, 0.2) is 0 Å². The first-order valence-electron chi connectivity index (χ1n) is 6.94. The summed E-state index contributed by atoms with van der Waals surface area (Å²) in [5, 5.41) is 8.95. The highest BCUT2D eigenvalue weighted by atomic mass is 32.2. The fourth-order valence-electron chi connectivity index (χ4n) is 1.99. The van der Waals surface area contributed by atoms with Crippen molar-refractivity contribution in [3.05, 3.63) is 78.0 Å². The van der Waals surface area contributed by atoms with Crippen LogP contribution in [0.4, 0.5) is 0 Å². The van der Waals surface area contributed by atoms with E-state index >= 15 is 0 Å². The summed E-state index contributed by atoms with van der Waals surface area (Å²) in [6.45, 7) is 1.91. The topological polar surface area (TPSA) is 57.6 Å². The Bertz CT molecular complexity index is 722. The molecule has 0 radical (unpaired) electrons. The Morgan fingerprint density at radius 2 is 1.68 bits per heavy atom. The van der Waals surface area contributed by atoms with Gasteiger partial charge in [0, 0.05) is 6.20 Å². The van der Waals surface area contributed by atoms with Crippen LogP contribution >= 0.6 is 0 Å². The third kappa shape index (κ3) is 3.96. The summed E-state index contributed by atoms with van der Waals surface area (Å²) in [5.41, 5.74) is 1.88. The predicted molar refractivity (Wildman–Crippen MR) is 86.6 cm³/mol. The van der Waals surface area contributed by atoms with Crippen molar-refractivity contribution in [2.75, 3.05) is 6.61 Å². The predicted octanol–water partition coefficient (Wildman–Crippen LogP) is 2.69. The molecule has 0 amide bonds. The maximum Gasteiger partial charge on any atom is 0.264 e. The average molecular weight is 317 g/mol. The smallest absolute Gasteiger partial charge is 0.264 e. The van der Waals surface area contributed by atoms with Crippen LogP contribution in [-0.4, -0.2) is 24.4 Å². The fraction of sp³-hybridized carbons (Fsp3) is 0.176. The van der Waals surface area contributed by atoms with Crippen molar-refractivity contribution in [3.8, 4) is 0 Å². The van der Waals surface area contributed by atoms with E-state index in [0.717, 1.165) is 11.1 Å². The number of aliphatic hydroxyl groups excluding tert-OH is 1. The Kier molecular flexibility index (Phi) is 5.35. The van der Waals surface area contributed by atoms with Gasteiger partial charge in [-0.05, 0) is 30.7 Å². The van der Waals surface area contributed by atoms with Gasteiger partial charge in [0.05, 0.1) is 18.0 Å². The number of hydrogen-bond donors (Lipinski definition) is 1. The molecule has 22 heavy (non-hydrogen) atoms. The molecule has 116 valence electrons. The molecule has 1 N–H and O–H groups in total. The van der Waals surface area contributed by atoms with Gasteiger partial charge in [-0.1, -0.05) is 48.0 Å². The molecule has 2 rings (SSSR count). The van der Waals surface area contributed by atoms with Crippen LogP contribution in [0, 0.1) is 6.92 Å². The van der Waals surface area contributed by atoms with Gasteiger partial charge in [0.1, 0.15) is 0 Å². The summed E-state index contributed by atoms with van der Waals surface area (Å²) < 4.78 is 26.7. The first kappa shape index (κ1) is 16.3. The Hall–Kier alpha value is -2.11. The number of nitrogens with zero attached hydrogens (tertiary/aromatic N) is 1. The molecule has 0 saturated heterocycles. The lowest BCUT2D eigenvalue weighted by Gasteiger charge is -2.20. The molecule has 0 spiro atoms. The van der Waals surface area contributed by atoms with Gasteiger partial charge in [-0.3, -0.25) is 4.31 Å². The monoisotopic (exact) mass is 317 g/mol. The maximum atomic E-state index is 12.7. The molecule has 5 heteroatoms. The number of rotatable bonds is 6. The zero-order chi connectivity index (χ0) is 16.0. The van der Waals surface area contributed by atoms with Crippen molar-refractivity contribution in [1.82, 2.24) is 4.31 Å². The molecule has 0 aliphatic heterocycles. The van der Waals surface area contributed by atoms with Crippen molar-refractivity contribution >= 4 is 10.0 Å². The molecule has 0 aromatic heterocycles. The highest BCUT2D eigenvalue weighted by Gasteiger charge is 2.21. The number of aryl methyl sites for hydroxylation is 1. The molecule has 0 aliphatic carbocycles. The van der Waals surface area contributed by atoms with E-state index in [1.165, 1.54) is 16.6 Å². The Labute approximate surface area is 131 Å². The second-order valence-electron chi connectivity index (χ2n) is 4.92. The molecule has 2 aromatic rings. The van der Waals surface area contributed by atoms with Crippen LogP contribution in [0.25, 0.3) is 0 Å². The second kappa shape index (κ2) is 7.24. The van der Waals surface area contributed by atoms with Gasteiger partial charge in [-0.25, -0.2) is 8.42 Å². The minimum atomic E-state index is -3.65. The van der Waals surface area contributed by atoms with Gasteiger partial charge in [-0.15, -0.1) is 0 Å².